The quantitative estimate of drug-likeness (QED) is 0.917. The number of nitrogens with zero attached hydrogens (tertiary/aromatic N) is 2. The smallest absolute Gasteiger partial charge is 0.125 e. The van der Waals surface area contributed by atoms with Crippen molar-refractivity contribution in [2.24, 2.45) is 0 Å². The minimum atomic E-state index is 0.113. The maximum atomic E-state index is 6.01. The zero-order valence-electron chi connectivity index (χ0n) is 11.9. The minimum absolute atomic E-state index is 0.113. The largest absolute Gasteiger partial charge is 0.491 e. The molecule has 0 aliphatic heterocycles. The van der Waals surface area contributed by atoms with Gasteiger partial charge in [-0.15, -0.1) is 0 Å². The highest BCUT2D eigenvalue weighted by molar-refractivity contribution is 5.39. The van der Waals surface area contributed by atoms with E-state index < -0.39 is 0 Å². The van der Waals surface area contributed by atoms with Gasteiger partial charge in [0.25, 0.3) is 0 Å². The second kappa shape index (κ2) is 5.34. The molecule has 0 bridgehead atoms. The molecule has 0 aliphatic rings. The summed E-state index contributed by atoms with van der Waals surface area (Å²) in [5.74, 6) is 1.60. The Morgan fingerprint density at radius 2 is 1.79 bits per heavy atom. The first-order valence-corrected chi connectivity index (χ1v) is 6.55. The molecule has 2 aromatic rings. The third kappa shape index (κ3) is 2.89. The van der Waals surface area contributed by atoms with Crippen LogP contribution in [0.25, 0.3) is 0 Å². The van der Waals surface area contributed by atoms with Crippen LogP contribution in [0.3, 0.4) is 0 Å². The maximum absolute atomic E-state index is 6.01. The molecule has 1 aromatic heterocycles. The van der Waals surface area contributed by atoms with E-state index in [0.29, 0.717) is 0 Å². The van der Waals surface area contributed by atoms with Gasteiger partial charge >= 0.3 is 0 Å². The highest BCUT2D eigenvalue weighted by Gasteiger charge is 2.13. The van der Waals surface area contributed by atoms with Crippen LogP contribution in [0.15, 0.2) is 30.5 Å². The Kier molecular flexibility index (Phi) is 3.79. The molecular weight excluding hydrogens is 238 g/mol. The lowest BCUT2D eigenvalue weighted by Crippen LogP contribution is -2.12. The van der Waals surface area contributed by atoms with Gasteiger partial charge in [0.2, 0.25) is 0 Å². The predicted octanol–water partition coefficient (Wildman–Crippen LogP) is 3.17. The van der Waals surface area contributed by atoms with Crippen LogP contribution in [-0.2, 0) is 0 Å². The van der Waals surface area contributed by atoms with Crippen LogP contribution in [0.2, 0.25) is 0 Å². The summed E-state index contributed by atoms with van der Waals surface area (Å²) in [6, 6.07) is 8.19. The summed E-state index contributed by atoms with van der Waals surface area (Å²) >= 11 is 0. The first-order chi connectivity index (χ1) is 8.99. The Morgan fingerprint density at radius 1 is 1.16 bits per heavy atom. The van der Waals surface area contributed by atoms with E-state index in [4.69, 9.17) is 10.5 Å². The molecule has 1 aromatic carbocycles. The van der Waals surface area contributed by atoms with Crippen molar-refractivity contribution < 1.29 is 4.74 Å². The molecule has 19 heavy (non-hydrogen) atoms. The average Bonchev–Trinajstić information content (AvgIpc) is 2.69. The normalized spacial score (nSPS) is 12.7. The van der Waals surface area contributed by atoms with Crippen molar-refractivity contribution in [3.63, 3.8) is 0 Å². The fourth-order valence-electron chi connectivity index (χ4n) is 2.00. The van der Waals surface area contributed by atoms with Crippen LogP contribution in [0.1, 0.15) is 37.9 Å². The summed E-state index contributed by atoms with van der Waals surface area (Å²) in [6.07, 6.45) is 1.98. The molecule has 1 atom stereocenters. The van der Waals surface area contributed by atoms with Crippen molar-refractivity contribution in [3.05, 3.63) is 41.6 Å². The van der Waals surface area contributed by atoms with Gasteiger partial charge in [0, 0.05) is 5.56 Å². The van der Waals surface area contributed by atoms with Gasteiger partial charge in [0.1, 0.15) is 11.6 Å². The van der Waals surface area contributed by atoms with Crippen molar-refractivity contribution in [1.29, 1.82) is 0 Å². The number of ether oxygens (including phenoxy) is 1. The predicted molar refractivity (Wildman–Crippen MR) is 77.4 cm³/mol. The Balaban J connectivity index is 2.20. The van der Waals surface area contributed by atoms with Crippen LogP contribution in [0.4, 0.5) is 5.82 Å². The van der Waals surface area contributed by atoms with Gasteiger partial charge in [0.05, 0.1) is 18.3 Å². The molecule has 0 saturated heterocycles. The second-order valence-electron chi connectivity index (χ2n) is 5.07. The number of nitrogens with two attached hydrogens (primary N) is 1. The molecule has 0 fully saturated rings. The number of hydrogen-bond donors (Lipinski definition) is 1. The van der Waals surface area contributed by atoms with E-state index in [1.807, 2.05) is 37.6 Å². The van der Waals surface area contributed by atoms with Crippen LogP contribution in [0, 0.1) is 6.92 Å². The van der Waals surface area contributed by atoms with Crippen molar-refractivity contribution >= 4 is 5.82 Å². The highest BCUT2D eigenvalue weighted by Crippen LogP contribution is 2.24. The molecule has 0 spiro atoms. The fraction of sp³-hybridized carbons (Fsp3) is 0.400. The second-order valence-corrected chi connectivity index (χ2v) is 5.07. The molecule has 0 saturated carbocycles. The standard InChI is InChI=1S/C15H21N3O/c1-10(2)19-14-7-5-13(6-8-14)12(4)18-15(16)11(3)9-17-18/h5-10,12H,16H2,1-4H3. The number of anilines is 1. The van der Waals surface area contributed by atoms with Crippen LogP contribution >= 0.6 is 0 Å². The Labute approximate surface area is 114 Å². The Bertz CT molecular complexity index is 543. The topological polar surface area (TPSA) is 53.1 Å². The van der Waals surface area contributed by atoms with E-state index in [0.717, 1.165) is 22.7 Å². The Morgan fingerprint density at radius 3 is 2.26 bits per heavy atom. The summed E-state index contributed by atoms with van der Waals surface area (Å²) in [5.41, 5.74) is 8.18. The first kappa shape index (κ1) is 13.5. The summed E-state index contributed by atoms with van der Waals surface area (Å²) in [6.45, 7) is 8.08. The van der Waals surface area contributed by atoms with E-state index >= 15 is 0 Å². The lowest BCUT2D eigenvalue weighted by Gasteiger charge is -2.16. The summed E-state index contributed by atoms with van der Waals surface area (Å²) in [4.78, 5) is 0. The van der Waals surface area contributed by atoms with Gasteiger partial charge in [0.15, 0.2) is 0 Å². The molecule has 102 valence electrons. The van der Waals surface area contributed by atoms with E-state index in [-0.39, 0.29) is 12.1 Å². The molecule has 0 radical (unpaired) electrons. The summed E-state index contributed by atoms with van der Waals surface area (Å²) in [7, 11) is 0. The zero-order valence-corrected chi connectivity index (χ0v) is 11.9. The number of aromatic nitrogens is 2. The molecule has 2 N–H and O–H groups in total. The average molecular weight is 259 g/mol. The van der Waals surface area contributed by atoms with Crippen LogP contribution < -0.4 is 10.5 Å². The maximum Gasteiger partial charge on any atom is 0.125 e. The van der Waals surface area contributed by atoms with Crippen LogP contribution in [0.5, 0.6) is 5.75 Å². The van der Waals surface area contributed by atoms with Gasteiger partial charge in [-0.2, -0.15) is 5.10 Å². The van der Waals surface area contributed by atoms with Crippen molar-refractivity contribution in [2.45, 2.75) is 39.8 Å². The van der Waals surface area contributed by atoms with E-state index in [9.17, 15) is 0 Å². The molecule has 1 heterocycles. The lowest BCUT2D eigenvalue weighted by atomic mass is 10.1. The first-order valence-electron chi connectivity index (χ1n) is 6.55. The van der Waals surface area contributed by atoms with E-state index in [1.54, 1.807) is 6.20 Å². The van der Waals surface area contributed by atoms with Gasteiger partial charge in [-0.3, -0.25) is 0 Å². The molecule has 2 rings (SSSR count). The van der Waals surface area contributed by atoms with Crippen LogP contribution in [-0.4, -0.2) is 15.9 Å². The number of nitrogen functional groups attached to an aromatic ring is 1. The number of aryl methyl sites for hydroxylation is 1. The molecule has 4 nitrogen and oxygen atoms in total. The van der Waals surface area contributed by atoms with Gasteiger partial charge in [-0.1, -0.05) is 12.1 Å². The summed E-state index contributed by atoms with van der Waals surface area (Å²) in [5, 5.41) is 4.32. The van der Waals surface area contributed by atoms with Gasteiger partial charge in [-0.05, 0) is 45.4 Å². The fourth-order valence-corrected chi connectivity index (χ4v) is 2.00. The number of benzene rings is 1. The number of rotatable bonds is 4. The SMILES string of the molecule is Cc1cnn(C(C)c2ccc(OC(C)C)cc2)c1N. The van der Waals surface area contributed by atoms with E-state index in [2.05, 4.69) is 24.2 Å². The molecule has 4 heteroatoms. The highest BCUT2D eigenvalue weighted by atomic mass is 16.5. The van der Waals surface area contributed by atoms with Crippen molar-refractivity contribution in [2.75, 3.05) is 5.73 Å². The third-order valence-electron chi connectivity index (χ3n) is 3.13. The summed E-state index contributed by atoms with van der Waals surface area (Å²) < 4.78 is 7.48. The molecule has 0 amide bonds. The molecule has 0 aliphatic carbocycles. The minimum Gasteiger partial charge on any atom is -0.491 e. The Hall–Kier alpha value is -1.97. The van der Waals surface area contributed by atoms with Gasteiger partial charge in [-0.25, -0.2) is 4.68 Å². The van der Waals surface area contributed by atoms with Crippen molar-refractivity contribution in [1.82, 2.24) is 9.78 Å². The monoisotopic (exact) mass is 259 g/mol. The third-order valence-corrected chi connectivity index (χ3v) is 3.13. The molecular formula is C15H21N3O. The van der Waals surface area contributed by atoms with E-state index in [1.165, 1.54) is 0 Å². The molecule has 1 unspecified atom stereocenters. The van der Waals surface area contributed by atoms with Crippen molar-refractivity contribution in [3.8, 4) is 5.75 Å². The zero-order chi connectivity index (χ0) is 14.0. The lowest BCUT2D eigenvalue weighted by molar-refractivity contribution is 0.242. The van der Waals surface area contributed by atoms with Gasteiger partial charge < -0.3 is 10.5 Å². The number of hydrogen-bond acceptors (Lipinski definition) is 3.